The van der Waals surface area contributed by atoms with Crippen LogP contribution in [-0.4, -0.2) is 102 Å². The van der Waals surface area contributed by atoms with Crippen molar-refractivity contribution in [2.24, 2.45) is 16.7 Å². The Morgan fingerprint density at radius 1 is 0.904 bits per heavy atom. The molecule has 296 valence electrons. The van der Waals surface area contributed by atoms with Crippen molar-refractivity contribution in [2.45, 2.75) is 143 Å². The quantitative estimate of drug-likeness (QED) is 0.109. The number of hydrogen-bond donors (Lipinski definition) is 4. The second kappa shape index (κ2) is 19.4. The normalized spacial score (nSPS) is 20.5. The number of nitrogens with one attached hydrogen (secondary N) is 4. The van der Waals surface area contributed by atoms with Crippen LogP contribution in [0.5, 0.6) is 0 Å². The lowest BCUT2D eigenvalue weighted by Gasteiger charge is -2.39. The average Bonchev–Trinajstić information content (AvgIpc) is 3.53. The molecule has 0 bridgehead atoms. The first-order valence-electron chi connectivity index (χ1n) is 18.5. The summed E-state index contributed by atoms with van der Waals surface area (Å²) >= 11 is 0. The van der Waals surface area contributed by atoms with Crippen LogP contribution in [-0.2, 0) is 24.0 Å². The zero-order chi connectivity index (χ0) is 39.4. The van der Waals surface area contributed by atoms with Gasteiger partial charge in [0.15, 0.2) is 0 Å². The number of carbonyl (C=O) groups excluding carboxylic acids is 6. The van der Waals surface area contributed by atoms with Crippen LogP contribution in [0.25, 0.3) is 0 Å². The van der Waals surface area contributed by atoms with Crippen molar-refractivity contribution in [1.29, 1.82) is 0 Å². The summed E-state index contributed by atoms with van der Waals surface area (Å²) in [6.07, 6.45) is -0.833. The number of halogens is 3. The molecule has 2 heterocycles. The van der Waals surface area contributed by atoms with Crippen molar-refractivity contribution in [1.82, 2.24) is 31.1 Å². The summed E-state index contributed by atoms with van der Waals surface area (Å²) in [5, 5.41) is 10.7. The van der Waals surface area contributed by atoms with Gasteiger partial charge < -0.3 is 31.1 Å². The topological polar surface area (TPSA) is 157 Å². The molecule has 4 N–H and O–H groups in total. The van der Waals surface area contributed by atoms with E-state index in [1.165, 1.54) is 11.0 Å². The smallest absolute Gasteiger partial charge is 0.346 e. The predicted molar refractivity (Wildman–Crippen MR) is 192 cm³/mol. The molecule has 2 saturated heterocycles. The summed E-state index contributed by atoms with van der Waals surface area (Å²) in [4.78, 5) is 82.9. The highest BCUT2D eigenvalue weighted by Crippen LogP contribution is 2.28. The molecule has 2 aliphatic rings. The second-order valence-corrected chi connectivity index (χ2v) is 16.4. The maximum atomic E-state index is 14.1. The number of likely N-dealkylation sites (tertiary alicyclic amines) is 2. The van der Waals surface area contributed by atoms with Gasteiger partial charge in [-0.05, 0) is 61.7 Å². The Bertz CT molecular complexity index is 1280. The zero-order valence-electron chi connectivity index (χ0n) is 32.0. The fourth-order valence-corrected chi connectivity index (χ4v) is 6.45. The monoisotopic (exact) mass is 742 g/mol. The molecule has 0 radical (unpaired) electrons. The highest BCUT2D eigenvalue weighted by Gasteiger charge is 2.43. The van der Waals surface area contributed by atoms with Crippen LogP contribution < -0.4 is 21.3 Å². The van der Waals surface area contributed by atoms with Crippen molar-refractivity contribution in [3.05, 3.63) is 12.7 Å². The molecular formula is C37H61F3N6O6. The molecule has 15 heteroatoms. The van der Waals surface area contributed by atoms with Gasteiger partial charge in [0.1, 0.15) is 12.1 Å². The van der Waals surface area contributed by atoms with Crippen LogP contribution >= 0.6 is 0 Å². The Morgan fingerprint density at radius 2 is 1.56 bits per heavy atom. The standard InChI is InChI=1S/C37H61F3N6O6/c1-9-20-41-32(50)29(48)25(15-10-11-19-37(38,39)40)42-31(49)26-16-13-22-46(26)33(51)30(36(6,7)8)44-34(52)43-27(35(3,4)5)23-45-21-12-14-24(2)17-18-28(45)47/h9,24-27,30H,1,10-23H2,2-8H3,(H,41,50)(H,42,49)(H2,43,44,52)/t24?,25?,26-,27+,30+/m0/s1. The Hall–Kier alpha value is -3.65. The number of nitrogens with zero attached hydrogens (tertiary/aromatic N) is 2. The minimum absolute atomic E-state index is 0.0226. The van der Waals surface area contributed by atoms with Gasteiger partial charge in [0.25, 0.3) is 5.91 Å². The highest BCUT2D eigenvalue weighted by atomic mass is 19.4. The van der Waals surface area contributed by atoms with E-state index in [4.69, 9.17) is 0 Å². The predicted octanol–water partition coefficient (Wildman–Crippen LogP) is 4.62. The summed E-state index contributed by atoms with van der Waals surface area (Å²) in [6.45, 7) is 17.9. The number of carbonyl (C=O) groups is 6. The Kier molecular flexibility index (Phi) is 16.6. The van der Waals surface area contributed by atoms with E-state index in [2.05, 4.69) is 34.8 Å². The van der Waals surface area contributed by atoms with E-state index >= 15 is 0 Å². The molecule has 6 amide bonds. The molecule has 2 rings (SSSR count). The average molecular weight is 743 g/mol. The molecule has 0 aromatic carbocycles. The first-order valence-corrected chi connectivity index (χ1v) is 18.5. The lowest BCUT2D eigenvalue weighted by molar-refractivity contribution is -0.144. The summed E-state index contributed by atoms with van der Waals surface area (Å²) in [6, 6.07) is -4.55. The fourth-order valence-electron chi connectivity index (χ4n) is 6.45. The van der Waals surface area contributed by atoms with Crippen LogP contribution in [0.1, 0.15) is 113 Å². The molecule has 2 aliphatic heterocycles. The Balaban J connectivity index is 2.21. The van der Waals surface area contributed by atoms with Crippen LogP contribution in [0.3, 0.4) is 0 Å². The third-order valence-electron chi connectivity index (χ3n) is 9.78. The minimum Gasteiger partial charge on any atom is -0.346 e. The number of alkyl halides is 3. The van der Waals surface area contributed by atoms with Crippen molar-refractivity contribution >= 4 is 35.4 Å². The molecule has 2 fully saturated rings. The number of rotatable bonds is 15. The van der Waals surface area contributed by atoms with Gasteiger partial charge in [-0.1, -0.05) is 61.0 Å². The van der Waals surface area contributed by atoms with Crippen LogP contribution in [0.15, 0.2) is 12.7 Å². The van der Waals surface area contributed by atoms with Crippen molar-refractivity contribution in [3.63, 3.8) is 0 Å². The first-order chi connectivity index (χ1) is 24.0. The van der Waals surface area contributed by atoms with Crippen LogP contribution in [0.2, 0.25) is 0 Å². The minimum atomic E-state index is -4.39. The maximum absolute atomic E-state index is 14.1. The van der Waals surface area contributed by atoms with Gasteiger partial charge in [0.05, 0.1) is 12.1 Å². The molecule has 52 heavy (non-hydrogen) atoms. The number of urea groups is 1. The molecule has 12 nitrogen and oxygen atoms in total. The molecule has 0 spiro atoms. The Morgan fingerprint density at radius 3 is 2.15 bits per heavy atom. The number of ketones is 1. The number of unbranched alkanes of at least 4 members (excludes halogenated alkanes) is 1. The van der Waals surface area contributed by atoms with Gasteiger partial charge in [0.2, 0.25) is 23.5 Å². The van der Waals surface area contributed by atoms with Gasteiger partial charge in [0, 0.05) is 39.0 Å². The van der Waals surface area contributed by atoms with Crippen molar-refractivity contribution in [2.75, 3.05) is 26.2 Å². The van der Waals surface area contributed by atoms with Crippen molar-refractivity contribution in [3.8, 4) is 0 Å². The molecule has 0 aromatic rings. The van der Waals surface area contributed by atoms with Crippen LogP contribution in [0, 0.1) is 16.7 Å². The summed E-state index contributed by atoms with van der Waals surface area (Å²) in [5.41, 5.74) is -1.23. The highest BCUT2D eigenvalue weighted by molar-refractivity contribution is 6.38. The molecule has 0 saturated carbocycles. The van der Waals surface area contributed by atoms with Gasteiger partial charge in [-0.15, -0.1) is 6.58 Å². The van der Waals surface area contributed by atoms with E-state index < -0.39 is 77.1 Å². The lowest BCUT2D eigenvalue weighted by Crippen LogP contribution is -2.62. The van der Waals surface area contributed by atoms with E-state index in [0.717, 1.165) is 19.3 Å². The summed E-state index contributed by atoms with van der Waals surface area (Å²) in [5.74, 6) is -2.72. The van der Waals surface area contributed by atoms with E-state index in [0.29, 0.717) is 31.8 Å². The molecular weight excluding hydrogens is 681 g/mol. The first kappa shape index (κ1) is 44.5. The van der Waals surface area contributed by atoms with E-state index in [-0.39, 0.29) is 44.7 Å². The fraction of sp³-hybridized carbons (Fsp3) is 0.784. The van der Waals surface area contributed by atoms with E-state index in [1.807, 2.05) is 20.8 Å². The number of hydrogen-bond acceptors (Lipinski definition) is 6. The SMILES string of the molecule is C=CCNC(=O)C(=O)C(CCCCC(F)(F)F)NC(=O)[C@@H]1CCCN1C(=O)[C@@H](NC(=O)N[C@H](CN1CCCC(C)CCC1=O)C(C)(C)C)C(C)(C)C. The van der Waals surface area contributed by atoms with Gasteiger partial charge in [-0.3, -0.25) is 24.0 Å². The molecule has 0 aliphatic carbocycles. The van der Waals surface area contributed by atoms with E-state index in [9.17, 15) is 41.9 Å². The summed E-state index contributed by atoms with van der Waals surface area (Å²) in [7, 11) is 0. The van der Waals surface area contributed by atoms with Gasteiger partial charge in [-0.2, -0.15) is 13.2 Å². The number of amides is 6. The maximum Gasteiger partial charge on any atom is 0.389 e. The van der Waals surface area contributed by atoms with Crippen molar-refractivity contribution < 1.29 is 41.9 Å². The zero-order valence-corrected chi connectivity index (χ0v) is 32.0. The molecule has 5 atom stereocenters. The van der Waals surface area contributed by atoms with Gasteiger partial charge in [-0.25, -0.2) is 4.79 Å². The largest absolute Gasteiger partial charge is 0.389 e. The Labute approximate surface area is 306 Å². The van der Waals surface area contributed by atoms with Gasteiger partial charge >= 0.3 is 12.2 Å². The third kappa shape index (κ3) is 14.4. The second-order valence-electron chi connectivity index (χ2n) is 16.4. The molecule has 0 aromatic heterocycles. The van der Waals surface area contributed by atoms with Crippen LogP contribution in [0.4, 0.5) is 18.0 Å². The molecule has 2 unspecified atom stereocenters. The third-order valence-corrected chi connectivity index (χ3v) is 9.78. The lowest BCUT2D eigenvalue weighted by atomic mass is 9.85. The summed E-state index contributed by atoms with van der Waals surface area (Å²) < 4.78 is 38.2. The van der Waals surface area contributed by atoms with E-state index in [1.54, 1.807) is 25.7 Å². The number of Topliss-reactive ketones (excluding diaryl/α,β-unsaturated/α-hetero) is 1.